The van der Waals surface area contributed by atoms with Crippen LogP contribution < -0.4 is 0 Å². The number of esters is 2. The number of hydrogen-bond donors (Lipinski definition) is 6. The average Bonchev–Trinajstić information content (AvgIpc) is 3.07. The largest absolute Gasteiger partial charge is 0.472 e. The SMILES string of the molecule is CCCCCCC/C=C\CCCCCCCC(=O)OC(COC(=O)CCCCCCCC)COP(=O)(O)OC1C(O)C(O)C(O)C(O)C1O. The maximum Gasteiger partial charge on any atom is 0.472 e. The lowest BCUT2D eigenvalue weighted by Crippen LogP contribution is -2.64. The summed E-state index contributed by atoms with van der Waals surface area (Å²) in [5.41, 5.74) is 0. The molecule has 288 valence electrons. The Balaban J connectivity index is 2.54. The van der Waals surface area contributed by atoms with Crippen LogP contribution in [0.3, 0.4) is 0 Å². The maximum absolute atomic E-state index is 12.7. The highest BCUT2D eigenvalue weighted by molar-refractivity contribution is 7.47. The summed E-state index contributed by atoms with van der Waals surface area (Å²) in [5, 5.41) is 49.7. The molecule has 6 N–H and O–H groups in total. The molecule has 6 atom stereocenters. The highest BCUT2D eigenvalue weighted by Gasteiger charge is 2.51. The monoisotopic (exact) mass is 724 g/mol. The van der Waals surface area contributed by atoms with Crippen LogP contribution in [0.2, 0.25) is 0 Å². The van der Waals surface area contributed by atoms with Crippen molar-refractivity contribution in [3.8, 4) is 0 Å². The first kappa shape index (κ1) is 45.6. The van der Waals surface area contributed by atoms with E-state index >= 15 is 0 Å². The molecule has 0 aliphatic heterocycles. The van der Waals surface area contributed by atoms with Crippen molar-refractivity contribution in [3.63, 3.8) is 0 Å². The smallest absolute Gasteiger partial charge is 0.462 e. The molecule has 0 aromatic rings. The van der Waals surface area contributed by atoms with Gasteiger partial charge in [0.15, 0.2) is 6.10 Å². The molecule has 14 heteroatoms. The molecule has 1 fully saturated rings. The first-order chi connectivity index (χ1) is 23.4. The zero-order chi connectivity index (χ0) is 36.5. The predicted octanol–water partition coefficient (Wildman–Crippen LogP) is 5.16. The fraction of sp³-hybridized carbons (Fsp3) is 0.886. The molecule has 0 spiro atoms. The third kappa shape index (κ3) is 20.9. The number of aliphatic hydroxyl groups is 5. The summed E-state index contributed by atoms with van der Waals surface area (Å²) in [4.78, 5) is 35.2. The quantitative estimate of drug-likeness (QED) is 0.0255. The highest BCUT2D eigenvalue weighted by atomic mass is 31.2. The van der Waals surface area contributed by atoms with Gasteiger partial charge in [-0.25, -0.2) is 4.57 Å². The van der Waals surface area contributed by atoms with E-state index in [9.17, 15) is 44.6 Å². The van der Waals surface area contributed by atoms with Crippen molar-refractivity contribution in [3.05, 3.63) is 12.2 Å². The number of hydrogen-bond acceptors (Lipinski definition) is 12. The van der Waals surface area contributed by atoms with Gasteiger partial charge in [-0.05, 0) is 38.5 Å². The molecule has 0 amide bonds. The summed E-state index contributed by atoms with van der Waals surface area (Å²) in [5.74, 6) is -1.12. The van der Waals surface area contributed by atoms with Gasteiger partial charge in [0.25, 0.3) is 0 Å². The number of phosphoric ester groups is 1. The molecule has 0 aromatic carbocycles. The van der Waals surface area contributed by atoms with Crippen molar-refractivity contribution < 1.29 is 63.1 Å². The van der Waals surface area contributed by atoms with Crippen molar-refractivity contribution >= 4 is 19.8 Å². The van der Waals surface area contributed by atoms with Gasteiger partial charge in [0.05, 0.1) is 6.61 Å². The fourth-order valence-electron chi connectivity index (χ4n) is 5.52. The van der Waals surface area contributed by atoms with E-state index in [1.165, 1.54) is 32.1 Å². The summed E-state index contributed by atoms with van der Waals surface area (Å²) < 4.78 is 33.1. The average molecular weight is 725 g/mol. The molecule has 1 aliphatic rings. The Hall–Kier alpha value is -1.41. The van der Waals surface area contributed by atoms with E-state index in [0.29, 0.717) is 12.8 Å². The topological polar surface area (TPSA) is 210 Å². The molecule has 0 heterocycles. The van der Waals surface area contributed by atoms with Crippen LogP contribution in [0.1, 0.15) is 142 Å². The van der Waals surface area contributed by atoms with Gasteiger partial charge in [-0.3, -0.25) is 18.6 Å². The Morgan fingerprint density at radius 1 is 0.612 bits per heavy atom. The molecule has 1 aliphatic carbocycles. The van der Waals surface area contributed by atoms with Crippen molar-refractivity contribution in [2.24, 2.45) is 0 Å². The minimum atomic E-state index is -5.10. The first-order valence-electron chi connectivity index (χ1n) is 18.5. The van der Waals surface area contributed by atoms with Crippen LogP contribution in [0, 0.1) is 0 Å². The standard InChI is InChI=1S/C35H65O13P/c1-3-5-7-9-11-12-13-14-15-16-17-18-20-22-24-29(37)47-27(25-45-28(36)23-21-19-10-8-6-4-2)26-46-49(43,44)48-35-33(41)31(39)30(38)32(40)34(35)42/h13-14,27,30-35,38-42H,3-12,15-26H2,1-2H3,(H,43,44)/b14-13-. The summed E-state index contributed by atoms with van der Waals surface area (Å²) in [6.07, 6.45) is 10.5. The molecule has 0 radical (unpaired) electrons. The number of allylic oxidation sites excluding steroid dienone is 2. The highest BCUT2D eigenvalue weighted by Crippen LogP contribution is 2.47. The number of unbranched alkanes of at least 4 members (excludes halogenated alkanes) is 15. The van der Waals surface area contributed by atoms with E-state index in [4.69, 9.17) is 18.5 Å². The molecular weight excluding hydrogens is 659 g/mol. The van der Waals surface area contributed by atoms with E-state index in [-0.39, 0.29) is 12.8 Å². The number of carbonyl (C=O) groups excluding carboxylic acids is 2. The summed E-state index contributed by atoms with van der Waals surface area (Å²) in [6.45, 7) is 3.16. The van der Waals surface area contributed by atoms with Crippen LogP contribution in [-0.2, 0) is 32.7 Å². The molecule has 49 heavy (non-hydrogen) atoms. The Morgan fingerprint density at radius 3 is 1.55 bits per heavy atom. The van der Waals surface area contributed by atoms with Crippen LogP contribution >= 0.6 is 7.82 Å². The number of ether oxygens (including phenoxy) is 2. The van der Waals surface area contributed by atoms with Gasteiger partial charge >= 0.3 is 19.8 Å². The van der Waals surface area contributed by atoms with Gasteiger partial charge in [0, 0.05) is 12.8 Å². The Morgan fingerprint density at radius 2 is 1.04 bits per heavy atom. The molecule has 1 rings (SSSR count). The van der Waals surface area contributed by atoms with Crippen molar-refractivity contribution in [2.75, 3.05) is 13.2 Å². The second kappa shape index (κ2) is 27.3. The molecular formula is C35H65O13P. The molecule has 6 unspecified atom stereocenters. The maximum atomic E-state index is 12.7. The Bertz CT molecular complexity index is 932. The summed E-state index contributed by atoms with van der Waals surface area (Å²) in [7, 11) is -5.10. The van der Waals surface area contributed by atoms with E-state index in [2.05, 4.69) is 26.0 Å². The third-order valence-electron chi connectivity index (χ3n) is 8.61. The van der Waals surface area contributed by atoms with Gasteiger partial charge in [-0.2, -0.15) is 0 Å². The fourth-order valence-corrected chi connectivity index (χ4v) is 6.49. The van der Waals surface area contributed by atoms with E-state index in [1.54, 1.807) is 0 Å². The number of carbonyl (C=O) groups is 2. The van der Waals surface area contributed by atoms with Crippen molar-refractivity contribution in [2.45, 2.75) is 185 Å². The van der Waals surface area contributed by atoms with Gasteiger partial charge in [0.1, 0.15) is 43.2 Å². The molecule has 0 bridgehead atoms. The lowest BCUT2D eigenvalue weighted by atomic mass is 9.85. The van der Waals surface area contributed by atoms with Crippen LogP contribution in [0.4, 0.5) is 0 Å². The molecule has 0 saturated heterocycles. The van der Waals surface area contributed by atoms with Crippen LogP contribution in [0.15, 0.2) is 12.2 Å². The van der Waals surface area contributed by atoms with Gasteiger partial charge in [0.2, 0.25) is 0 Å². The molecule has 1 saturated carbocycles. The second-order valence-electron chi connectivity index (χ2n) is 13.1. The van der Waals surface area contributed by atoms with Gasteiger partial charge < -0.3 is 39.9 Å². The first-order valence-corrected chi connectivity index (χ1v) is 20.0. The third-order valence-corrected chi connectivity index (χ3v) is 9.59. The lowest BCUT2D eigenvalue weighted by Gasteiger charge is -2.41. The molecule has 13 nitrogen and oxygen atoms in total. The van der Waals surface area contributed by atoms with E-state index in [0.717, 1.165) is 70.6 Å². The number of rotatable bonds is 29. The zero-order valence-corrected chi connectivity index (χ0v) is 30.6. The summed E-state index contributed by atoms with van der Waals surface area (Å²) in [6, 6.07) is 0. The number of phosphoric acid groups is 1. The van der Waals surface area contributed by atoms with Crippen molar-refractivity contribution in [1.29, 1.82) is 0 Å². The van der Waals surface area contributed by atoms with Crippen LogP contribution in [0.25, 0.3) is 0 Å². The van der Waals surface area contributed by atoms with Crippen LogP contribution in [0.5, 0.6) is 0 Å². The van der Waals surface area contributed by atoms with E-state index in [1.807, 2.05) is 0 Å². The second-order valence-corrected chi connectivity index (χ2v) is 14.5. The van der Waals surface area contributed by atoms with Gasteiger partial charge in [-0.15, -0.1) is 0 Å². The Labute approximate surface area is 293 Å². The van der Waals surface area contributed by atoms with Crippen molar-refractivity contribution in [1.82, 2.24) is 0 Å². The van der Waals surface area contributed by atoms with E-state index < -0.39 is 75.7 Å². The Kier molecular flexibility index (Phi) is 25.4. The van der Waals surface area contributed by atoms with Crippen LogP contribution in [-0.4, -0.2) is 98.3 Å². The minimum Gasteiger partial charge on any atom is -0.462 e. The minimum absolute atomic E-state index is 0.0893. The molecule has 0 aromatic heterocycles. The summed E-state index contributed by atoms with van der Waals surface area (Å²) >= 11 is 0. The zero-order valence-electron chi connectivity index (χ0n) is 29.7. The number of aliphatic hydroxyl groups excluding tert-OH is 5. The predicted molar refractivity (Wildman–Crippen MR) is 184 cm³/mol. The lowest BCUT2D eigenvalue weighted by molar-refractivity contribution is -0.220. The normalized spacial score (nSPS) is 24.5. The van der Waals surface area contributed by atoms with Gasteiger partial charge in [-0.1, -0.05) is 103 Å².